The monoisotopic (exact) mass is 504 g/mol. The van der Waals surface area contributed by atoms with Gasteiger partial charge in [0.05, 0.1) is 6.61 Å². The number of aliphatic hydroxyl groups excluding tert-OH is 4. The summed E-state index contributed by atoms with van der Waals surface area (Å²) in [5.41, 5.74) is -0.103. The number of aromatic hydroxyl groups is 1. The molecule has 2 aromatic carbocycles. The summed E-state index contributed by atoms with van der Waals surface area (Å²) in [5.74, 6) is -1.39. The number of aryl methyl sites for hydroxylation is 1. The molecular weight excluding hydrogens is 480 g/mol. The smallest absolute Gasteiger partial charge is 0.336 e. The summed E-state index contributed by atoms with van der Waals surface area (Å²) in [5, 5.41) is 59.9. The second-order valence-electron chi connectivity index (χ2n) is 8.19. The summed E-state index contributed by atoms with van der Waals surface area (Å²) < 4.78 is 22.1. The highest BCUT2D eigenvalue weighted by Crippen LogP contribution is 2.40. The van der Waals surface area contributed by atoms with Crippen molar-refractivity contribution in [1.29, 1.82) is 0 Å². The number of rotatable bonds is 8. The zero-order chi connectivity index (χ0) is 26.0. The van der Waals surface area contributed by atoms with Crippen LogP contribution < -0.4 is 15.1 Å². The third kappa shape index (κ3) is 5.42. The van der Waals surface area contributed by atoms with Gasteiger partial charge in [0.1, 0.15) is 41.5 Å². The first-order valence-corrected chi connectivity index (χ1v) is 10.9. The summed E-state index contributed by atoms with van der Waals surface area (Å²) in [6.45, 7) is -0.671. The Morgan fingerprint density at radius 3 is 2.44 bits per heavy atom. The van der Waals surface area contributed by atoms with Crippen LogP contribution in [-0.2, 0) is 16.0 Å². The molecule has 0 saturated carbocycles. The number of fused-ring (bicyclic) bond motifs is 1. The van der Waals surface area contributed by atoms with Crippen LogP contribution in [0, 0.1) is 0 Å². The third-order valence-electron chi connectivity index (χ3n) is 5.67. The first kappa shape index (κ1) is 25.4. The fraction of sp³-hybridized carbons (Fsp3) is 0.333. The number of hydrogen-bond donors (Lipinski definition) is 6. The number of ether oxygens (including phenoxy) is 3. The Balaban J connectivity index is 1.69. The molecule has 12 heteroatoms. The molecule has 1 saturated heterocycles. The molecule has 0 aliphatic carbocycles. The molecule has 192 valence electrons. The molecule has 1 aromatic heterocycles. The SMILES string of the molecule is O=C(O)CCc1cc(Oc2ccc3ccc(=O)oc3c2)c(O[C@@H]2O[C@@H](CO)[C@@H](O)[C@@H](O)[C@@H]2O)cc1O. The first-order chi connectivity index (χ1) is 17.2. The highest BCUT2D eigenvalue weighted by molar-refractivity contribution is 5.78. The minimum atomic E-state index is -1.72. The van der Waals surface area contributed by atoms with Crippen LogP contribution in [0.25, 0.3) is 11.0 Å². The minimum absolute atomic E-state index is 0.0252. The van der Waals surface area contributed by atoms with Crippen LogP contribution in [0.1, 0.15) is 12.0 Å². The van der Waals surface area contributed by atoms with Crippen LogP contribution in [0.15, 0.2) is 51.7 Å². The van der Waals surface area contributed by atoms with E-state index in [9.17, 15) is 35.1 Å². The highest BCUT2D eigenvalue weighted by atomic mass is 16.7. The average Bonchev–Trinajstić information content (AvgIpc) is 2.84. The van der Waals surface area contributed by atoms with Crippen LogP contribution in [0.5, 0.6) is 23.0 Å². The van der Waals surface area contributed by atoms with E-state index in [0.717, 1.165) is 6.07 Å². The fourth-order valence-electron chi connectivity index (χ4n) is 3.73. The van der Waals surface area contributed by atoms with Gasteiger partial charge in [0.2, 0.25) is 6.29 Å². The quantitative estimate of drug-likeness (QED) is 0.233. The van der Waals surface area contributed by atoms with Gasteiger partial charge in [0.15, 0.2) is 11.5 Å². The normalized spacial score (nSPS) is 23.9. The van der Waals surface area contributed by atoms with E-state index in [2.05, 4.69) is 0 Å². The summed E-state index contributed by atoms with van der Waals surface area (Å²) in [7, 11) is 0. The van der Waals surface area contributed by atoms with E-state index in [-0.39, 0.29) is 47.0 Å². The Hall–Kier alpha value is -3.68. The number of carboxylic acids is 1. The number of carboxylic acid groups (broad SMARTS) is 1. The van der Waals surface area contributed by atoms with Gasteiger partial charge in [-0.3, -0.25) is 4.79 Å². The lowest BCUT2D eigenvalue weighted by Gasteiger charge is -2.39. The molecule has 0 amide bonds. The minimum Gasteiger partial charge on any atom is -0.508 e. The summed E-state index contributed by atoms with van der Waals surface area (Å²) >= 11 is 0. The van der Waals surface area contributed by atoms with Crippen molar-refractivity contribution in [2.24, 2.45) is 0 Å². The van der Waals surface area contributed by atoms with E-state index in [4.69, 9.17) is 23.7 Å². The number of carbonyl (C=O) groups is 1. The number of benzene rings is 2. The van der Waals surface area contributed by atoms with Gasteiger partial charge in [0, 0.05) is 30.0 Å². The van der Waals surface area contributed by atoms with Gasteiger partial charge in [-0.1, -0.05) is 0 Å². The second kappa shape index (κ2) is 10.5. The number of phenols is 1. The Bertz CT molecular complexity index is 1300. The first-order valence-electron chi connectivity index (χ1n) is 10.9. The molecule has 0 radical (unpaired) electrons. The van der Waals surface area contributed by atoms with Gasteiger partial charge in [-0.05, 0) is 36.2 Å². The van der Waals surface area contributed by atoms with Crippen molar-refractivity contribution >= 4 is 16.9 Å². The van der Waals surface area contributed by atoms with Crippen molar-refractivity contribution in [2.45, 2.75) is 43.5 Å². The molecule has 4 rings (SSSR count). The Labute approximate surface area is 203 Å². The number of hydrogen-bond acceptors (Lipinski definition) is 11. The zero-order valence-corrected chi connectivity index (χ0v) is 18.7. The van der Waals surface area contributed by atoms with Gasteiger partial charge in [-0.25, -0.2) is 4.79 Å². The topological polar surface area (TPSA) is 196 Å². The third-order valence-corrected chi connectivity index (χ3v) is 5.67. The molecule has 0 bridgehead atoms. The standard InChI is InChI=1S/C24H24O12/c25-10-18-21(30)22(31)23(32)24(36-18)35-17-9-14(26)12(2-5-19(27)28)7-16(17)33-13-4-1-11-3-6-20(29)34-15(11)8-13/h1,3-4,6-9,18,21-26,30-32H,2,5,10H2,(H,27,28)/t18-,21+,22+,23-,24+/m0/s1. The van der Waals surface area contributed by atoms with Gasteiger partial charge in [0.25, 0.3) is 0 Å². The molecule has 1 aliphatic rings. The molecule has 0 unspecified atom stereocenters. The number of phenolic OH excluding ortho intramolecular Hbond substituents is 1. The lowest BCUT2D eigenvalue weighted by atomic mass is 9.99. The van der Waals surface area contributed by atoms with E-state index < -0.39 is 48.9 Å². The predicted octanol–water partition coefficient (Wildman–Crippen LogP) is 0.487. The van der Waals surface area contributed by atoms with Crippen LogP contribution in [0.2, 0.25) is 0 Å². The Kier molecular flexibility index (Phi) is 7.43. The fourth-order valence-corrected chi connectivity index (χ4v) is 3.73. The molecule has 2 heterocycles. The van der Waals surface area contributed by atoms with Crippen LogP contribution in [-0.4, -0.2) is 73.9 Å². The number of aliphatic hydroxyl groups is 4. The molecular formula is C24H24O12. The lowest BCUT2D eigenvalue weighted by Crippen LogP contribution is -2.60. The van der Waals surface area contributed by atoms with Crippen molar-refractivity contribution in [3.63, 3.8) is 0 Å². The molecule has 1 aliphatic heterocycles. The zero-order valence-electron chi connectivity index (χ0n) is 18.7. The van der Waals surface area contributed by atoms with Gasteiger partial charge >= 0.3 is 11.6 Å². The maximum absolute atomic E-state index is 11.6. The van der Waals surface area contributed by atoms with Crippen molar-refractivity contribution < 1.29 is 54.1 Å². The van der Waals surface area contributed by atoms with Crippen molar-refractivity contribution in [3.05, 3.63) is 58.4 Å². The average molecular weight is 504 g/mol. The molecule has 36 heavy (non-hydrogen) atoms. The molecule has 0 spiro atoms. The lowest BCUT2D eigenvalue weighted by molar-refractivity contribution is -0.277. The Morgan fingerprint density at radius 2 is 1.72 bits per heavy atom. The Morgan fingerprint density at radius 1 is 0.972 bits per heavy atom. The van der Waals surface area contributed by atoms with E-state index in [1.165, 1.54) is 18.2 Å². The molecule has 3 aromatic rings. The molecule has 6 N–H and O–H groups in total. The summed E-state index contributed by atoms with van der Waals surface area (Å²) in [6.07, 6.45) is -8.13. The van der Waals surface area contributed by atoms with Gasteiger partial charge in [-0.15, -0.1) is 0 Å². The van der Waals surface area contributed by atoms with Gasteiger partial charge < -0.3 is 49.3 Å². The molecule has 12 nitrogen and oxygen atoms in total. The van der Waals surface area contributed by atoms with E-state index in [1.54, 1.807) is 18.2 Å². The largest absolute Gasteiger partial charge is 0.508 e. The van der Waals surface area contributed by atoms with Crippen molar-refractivity contribution in [1.82, 2.24) is 0 Å². The molecule has 1 fully saturated rings. The summed E-state index contributed by atoms with van der Waals surface area (Å²) in [4.78, 5) is 22.6. The van der Waals surface area contributed by atoms with Crippen LogP contribution in [0.4, 0.5) is 0 Å². The maximum atomic E-state index is 11.6. The van der Waals surface area contributed by atoms with E-state index in [0.29, 0.717) is 5.39 Å². The maximum Gasteiger partial charge on any atom is 0.336 e. The predicted molar refractivity (Wildman–Crippen MR) is 121 cm³/mol. The molecule has 5 atom stereocenters. The van der Waals surface area contributed by atoms with E-state index in [1.807, 2.05) is 0 Å². The number of aliphatic carboxylic acids is 1. The van der Waals surface area contributed by atoms with Gasteiger partial charge in [-0.2, -0.15) is 0 Å². The second-order valence-corrected chi connectivity index (χ2v) is 8.19. The highest BCUT2D eigenvalue weighted by Gasteiger charge is 2.45. The van der Waals surface area contributed by atoms with Crippen LogP contribution in [0.3, 0.4) is 0 Å². The van der Waals surface area contributed by atoms with Crippen molar-refractivity contribution in [3.8, 4) is 23.0 Å². The van der Waals surface area contributed by atoms with E-state index >= 15 is 0 Å². The van der Waals surface area contributed by atoms with Crippen molar-refractivity contribution in [2.75, 3.05) is 6.61 Å². The van der Waals surface area contributed by atoms with Crippen LogP contribution >= 0.6 is 0 Å². The summed E-state index contributed by atoms with van der Waals surface area (Å²) in [6, 6.07) is 9.95.